The highest BCUT2D eigenvalue weighted by Gasteiger charge is 2.17. The van der Waals surface area contributed by atoms with Crippen molar-refractivity contribution in [3.05, 3.63) is 35.7 Å². The molecule has 0 aliphatic rings. The summed E-state index contributed by atoms with van der Waals surface area (Å²) < 4.78 is 6.21. The molecule has 0 saturated heterocycles. The topological polar surface area (TPSA) is 99.0 Å². The van der Waals surface area contributed by atoms with Gasteiger partial charge in [0.2, 0.25) is 0 Å². The lowest BCUT2D eigenvalue weighted by Gasteiger charge is -2.20. The van der Waals surface area contributed by atoms with Gasteiger partial charge in [0.25, 0.3) is 5.91 Å². The molecule has 0 aliphatic heterocycles. The second-order valence-corrected chi connectivity index (χ2v) is 6.34. The number of ether oxygens (including phenoxy) is 1. The minimum atomic E-state index is -0.580. The first-order chi connectivity index (χ1) is 11.9. The fourth-order valence-electron chi connectivity index (χ4n) is 2.45. The first-order valence-corrected chi connectivity index (χ1v) is 8.17. The summed E-state index contributed by atoms with van der Waals surface area (Å²) in [5.41, 5.74) is 2.91. The predicted molar refractivity (Wildman–Crippen MR) is 92.0 cm³/mol. The minimum Gasteiger partial charge on any atom is -0.454 e. The van der Waals surface area contributed by atoms with E-state index in [1.165, 1.54) is 11.0 Å². The van der Waals surface area contributed by atoms with E-state index >= 15 is 0 Å². The van der Waals surface area contributed by atoms with Gasteiger partial charge in [0, 0.05) is 5.69 Å². The normalized spacial score (nSPS) is 11.0. The lowest BCUT2D eigenvalue weighted by atomic mass is 9.92. The zero-order valence-corrected chi connectivity index (χ0v) is 14.9. The van der Waals surface area contributed by atoms with E-state index in [1.54, 1.807) is 0 Å². The number of nitrogens with zero attached hydrogens (tertiary/aromatic N) is 4. The lowest BCUT2D eigenvalue weighted by molar-refractivity contribution is -0.148. The Balaban J connectivity index is 2.01. The highest BCUT2D eigenvalue weighted by molar-refractivity contribution is 5.94. The number of aromatic nitrogens is 4. The monoisotopic (exact) mass is 345 g/mol. The Hall–Kier alpha value is -2.77. The molecular formula is C17H23N5O3. The predicted octanol–water partition coefficient (Wildman–Crippen LogP) is 2.10. The van der Waals surface area contributed by atoms with Crippen LogP contribution in [0.4, 0.5) is 5.69 Å². The number of benzene rings is 1. The van der Waals surface area contributed by atoms with E-state index in [-0.39, 0.29) is 30.9 Å². The second kappa shape index (κ2) is 8.36. The Labute approximate surface area is 146 Å². The number of anilines is 1. The van der Waals surface area contributed by atoms with Gasteiger partial charge in [-0.15, -0.1) is 5.10 Å². The highest BCUT2D eigenvalue weighted by atomic mass is 16.5. The van der Waals surface area contributed by atoms with Crippen LogP contribution < -0.4 is 5.32 Å². The van der Waals surface area contributed by atoms with E-state index in [1.807, 2.05) is 18.2 Å². The van der Waals surface area contributed by atoms with Crippen LogP contribution >= 0.6 is 0 Å². The van der Waals surface area contributed by atoms with Gasteiger partial charge in [-0.2, -0.15) is 0 Å². The Morgan fingerprint density at radius 2 is 1.80 bits per heavy atom. The standard InChI is InChI=1S/C17H23N5O3/c1-11(2)13-6-5-7-14(12(3)4)17(13)19-15(23)9-25-16(24)8-22-10-18-20-21-22/h5-7,10-12H,8-9H2,1-4H3,(H,19,23). The van der Waals surface area contributed by atoms with Crippen molar-refractivity contribution in [2.45, 2.75) is 46.1 Å². The molecule has 1 amide bonds. The lowest BCUT2D eigenvalue weighted by Crippen LogP contribution is -2.24. The van der Waals surface area contributed by atoms with Crippen molar-refractivity contribution < 1.29 is 14.3 Å². The van der Waals surface area contributed by atoms with Gasteiger partial charge in [0.1, 0.15) is 12.9 Å². The molecule has 0 atom stereocenters. The summed E-state index contributed by atoms with van der Waals surface area (Å²) >= 11 is 0. The largest absolute Gasteiger partial charge is 0.454 e. The summed E-state index contributed by atoms with van der Waals surface area (Å²) in [6.07, 6.45) is 1.30. The quantitative estimate of drug-likeness (QED) is 0.772. The third kappa shape index (κ3) is 5.10. The van der Waals surface area contributed by atoms with Crippen LogP contribution in [-0.2, 0) is 20.9 Å². The zero-order valence-electron chi connectivity index (χ0n) is 14.9. The number of rotatable bonds is 7. The van der Waals surface area contributed by atoms with Crippen LogP contribution in [0.25, 0.3) is 0 Å². The average Bonchev–Trinajstić information content (AvgIpc) is 3.05. The smallest absolute Gasteiger partial charge is 0.328 e. The molecule has 25 heavy (non-hydrogen) atoms. The molecule has 1 aromatic heterocycles. The molecule has 1 heterocycles. The number of esters is 1. The molecule has 0 aliphatic carbocycles. The van der Waals surface area contributed by atoms with E-state index in [0.717, 1.165) is 16.8 Å². The van der Waals surface area contributed by atoms with E-state index in [4.69, 9.17) is 4.74 Å². The SMILES string of the molecule is CC(C)c1cccc(C(C)C)c1NC(=O)COC(=O)Cn1cnnn1. The molecule has 1 N–H and O–H groups in total. The Morgan fingerprint density at radius 3 is 2.32 bits per heavy atom. The van der Waals surface area contributed by atoms with Crippen molar-refractivity contribution in [3.8, 4) is 0 Å². The van der Waals surface area contributed by atoms with Gasteiger partial charge >= 0.3 is 5.97 Å². The molecule has 2 aromatic rings. The van der Waals surface area contributed by atoms with Crippen LogP contribution in [0.1, 0.15) is 50.7 Å². The molecule has 0 saturated carbocycles. The van der Waals surface area contributed by atoms with Crippen LogP contribution in [0.3, 0.4) is 0 Å². The molecule has 0 radical (unpaired) electrons. The van der Waals surface area contributed by atoms with Crippen molar-refractivity contribution >= 4 is 17.6 Å². The Kier molecular flexibility index (Phi) is 6.21. The molecule has 0 unspecified atom stereocenters. The van der Waals surface area contributed by atoms with Crippen molar-refractivity contribution in [2.75, 3.05) is 11.9 Å². The zero-order chi connectivity index (χ0) is 18.4. The summed E-state index contributed by atoms with van der Waals surface area (Å²) in [6.45, 7) is 7.79. The molecule has 1 aromatic carbocycles. The Bertz CT molecular complexity index is 700. The first kappa shape index (κ1) is 18.6. The molecule has 8 nitrogen and oxygen atoms in total. The van der Waals surface area contributed by atoms with E-state index in [2.05, 4.69) is 48.5 Å². The van der Waals surface area contributed by atoms with Crippen molar-refractivity contribution in [1.29, 1.82) is 0 Å². The van der Waals surface area contributed by atoms with Crippen LogP contribution in [0.2, 0.25) is 0 Å². The van der Waals surface area contributed by atoms with Crippen LogP contribution in [0.5, 0.6) is 0 Å². The van der Waals surface area contributed by atoms with Crippen molar-refractivity contribution in [2.24, 2.45) is 0 Å². The maximum Gasteiger partial charge on any atom is 0.328 e. The van der Waals surface area contributed by atoms with Crippen molar-refractivity contribution in [3.63, 3.8) is 0 Å². The molecule has 8 heteroatoms. The molecule has 0 spiro atoms. The first-order valence-electron chi connectivity index (χ1n) is 8.17. The van der Waals surface area contributed by atoms with E-state index in [9.17, 15) is 9.59 Å². The molecule has 2 rings (SSSR count). The van der Waals surface area contributed by atoms with Gasteiger partial charge in [0.05, 0.1) is 0 Å². The minimum absolute atomic E-state index is 0.139. The van der Waals surface area contributed by atoms with Gasteiger partial charge in [-0.1, -0.05) is 45.9 Å². The number of nitrogens with one attached hydrogen (secondary N) is 1. The fourth-order valence-corrected chi connectivity index (χ4v) is 2.45. The molecule has 0 fully saturated rings. The third-order valence-electron chi connectivity index (χ3n) is 3.68. The number of hydrogen-bond donors (Lipinski definition) is 1. The molecular weight excluding hydrogens is 322 g/mol. The maximum atomic E-state index is 12.2. The Morgan fingerprint density at radius 1 is 1.16 bits per heavy atom. The summed E-state index contributed by atoms with van der Waals surface area (Å²) in [6, 6.07) is 5.98. The average molecular weight is 345 g/mol. The van der Waals surface area contributed by atoms with E-state index in [0.29, 0.717) is 0 Å². The van der Waals surface area contributed by atoms with Crippen LogP contribution in [-0.4, -0.2) is 38.7 Å². The number of carbonyl (C=O) groups excluding carboxylic acids is 2. The maximum absolute atomic E-state index is 12.2. The number of amides is 1. The van der Waals surface area contributed by atoms with Gasteiger partial charge in [0.15, 0.2) is 6.61 Å². The van der Waals surface area contributed by atoms with Crippen LogP contribution in [0, 0.1) is 0 Å². The molecule has 0 bridgehead atoms. The fraction of sp³-hybridized carbons (Fsp3) is 0.471. The number of hydrogen-bond acceptors (Lipinski definition) is 6. The summed E-state index contributed by atoms with van der Waals surface area (Å²) in [5.74, 6) is -0.434. The van der Waals surface area contributed by atoms with Crippen LogP contribution in [0.15, 0.2) is 24.5 Å². The second-order valence-electron chi connectivity index (χ2n) is 6.34. The number of carbonyl (C=O) groups is 2. The van der Waals surface area contributed by atoms with Gasteiger partial charge in [-0.3, -0.25) is 9.59 Å². The van der Waals surface area contributed by atoms with Gasteiger partial charge < -0.3 is 10.1 Å². The van der Waals surface area contributed by atoms with Gasteiger partial charge in [-0.05, 0) is 33.4 Å². The summed E-state index contributed by atoms with van der Waals surface area (Å²) in [5, 5.41) is 13.3. The number of para-hydroxylation sites is 1. The number of tetrazole rings is 1. The van der Waals surface area contributed by atoms with Gasteiger partial charge in [-0.25, -0.2) is 4.68 Å². The van der Waals surface area contributed by atoms with E-state index < -0.39 is 5.97 Å². The summed E-state index contributed by atoms with van der Waals surface area (Å²) in [4.78, 5) is 23.9. The summed E-state index contributed by atoms with van der Waals surface area (Å²) in [7, 11) is 0. The molecule has 134 valence electrons. The third-order valence-corrected chi connectivity index (χ3v) is 3.68. The van der Waals surface area contributed by atoms with Crippen molar-refractivity contribution in [1.82, 2.24) is 20.2 Å². The highest BCUT2D eigenvalue weighted by Crippen LogP contribution is 2.32.